The molecule has 0 saturated heterocycles. The molecule has 0 saturated carbocycles. The minimum atomic E-state index is -0.592. The molecule has 0 fully saturated rings. The van der Waals surface area contributed by atoms with Gasteiger partial charge in [0.2, 0.25) is 0 Å². The summed E-state index contributed by atoms with van der Waals surface area (Å²) >= 11 is 3.22. The van der Waals surface area contributed by atoms with E-state index >= 15 is 0 Å². The fourth-order valence-corrected chi connectivity index (χ4v) is 3.51. The second kappa shape index (κ2) is 7.82. The van der Waals surface area contributed by atoms with E-state index in [2.05, 4.69) is 37.0 Å². The topological polar surface area (TPSA) is 79.0 Å². The van der Waals surface area contributed by atoms with E-state index in [4.69, 9.17) is 4.42 Å². The number of halogens is 1. The SMILES string of the molecule is O=C(N/N=C/c1ccc(Br)o1)C1=NNC(c2ccccc2)(c2ccccc2)C1. The average Bonchev–Trinajstić information content (AvgIpc) is 3.37. The highest BCUT2D eigenvalue weighted by molar-refractivity contribution is 9.10. The van der Waals surface area contributed by atoms with Gasteiger partial charge in [0.1, 0.15) is 17.0 Å². The Hall–Kier alpha value is -3.19. The van der Waals surface area contributed by atoms with E-state index in [1.54, 1.807) is 12.1 Å². The molecular weight excluding hydrogens is 420 g/mol. The first-order chi connectivity index (χ1) is 13.7. The zero-order valence-corrected chi connectivity index (χ0v) is 16.4. The standard InChI is InChI=1S/C21H17BrN4O2/c22-19-12-11-17(28-19)14-23-25-20(27)18-13-21(26-24-18,15-7-3-1-4-8-15)16-9-5-2-6-10-16/h1-12,14,26H,13H2,(H,25,27)/b23-14+. The van der Waals surface area contributed by atoms with E-state index in [0.29, 0.717) is 22.6 Å². The van der Waals surface area contributed by atoms with Crippen LogP contribution in [0.2, 0.25) is 0 Å². The van der Waals surface area contributed by atoms with Crippen molar-refractivity contribution < 1.29 is 9.21 Å². The van der Waals surface area contributed by atoms with E-state index in [-0.39, 0.29) is 5.91 Å². The van der Waals surface area contributed by atoms with Gasteiger partial charge in [0.15, 0.2) is 4.67 Å². The highest BCUT2D eigenvalue weighted by Gasteiger charge is 2.41. The van der Waals surface area contributed by atoms with Gasteiger partial charge in [-0.25, -0.2) is 5.43 Å². The number of hydrogen-bond acceptors (Lipinski definition) is 5. The molecule has 3 aromatic rings. The van der Waals surface area contributed by atoms with Crippen molar-refractivity contribution in [3.63, 3.8) is 0 Å². The monoisotopic (exact) mass is 436 g/mol. The maximum Gasteiger partial charge on any atom is 0.287 e. The third-order valence-electron chi connectivity index (χ3n) is 4.56. The van der Waals surface area contributed by atoms with E-state index in [1.165, 1.54) is 6.21 Å². The number of amides is 1. The summed E-state index contributed by atoms with van der Waals surface area (Å²) in [4.78, 5) is 12.6. The molecule has 2 aromatic carbocycles. The van der Waals surface area contributed by atoms with Crippen LogP contribution in [0.1, 0.15) is 23.3 Å². The molecule has 2 heterocycles. The van der Waals surface area contributed by atoms with Crippen LogP contribution >= 0.6 is 15.9 Å². The van der Waals surface area contributed by atoms with E-state index in [1.807, 2.05) is 60.7 Å². The minimum absolute atomic E-state index is 0.358. The molecule has 0 atom stereocenters. The molecule has 6 nitrogen and oxygen atoms in total. The van der Waals surface area contributed by atoms with Gasteiger partial charge < -0.3 is 4.42 Å². The minimum Gasteiger partial charge on any atom is -0.448 e. The molecule has 0 aliphatic carbocycles. The Morgan fingerprint density at radius 1 is 1.07 bits per heavy atom. The van der Waals surface area contributed by atoms with Crippen LogP contribution in [-0.4, -0.2) is 17.8 Å². The van der Waals surface area contributed by atoms with Crippen molar-refractivity contribution in [1.29, 1.82) is 0 Å². The second-order valence-corrected chi connectivity index (χ2v) is 7.11. The lowest BCUT2D eigenvalue weighted by molar-refractivity contribution is -0.114. The zero-order valence-electron chi connectivity index (χ0n) is 14.8. The molecule has 140 valence electrons. The zero-order chi connectivity index (χ0) is 19.4. The summed E-state index contributed by atoms with van der Waals surface area (Å²) < 4.78 is 5.91. The highest BCUT2D eigenvalue weighted by atomic mass is 79.9. The number of hydrazone groups is 2. The fraction of sp³-hybridized carbons (Fsp3) is 0.0952. The summed E-state index contributed by atoms with van der Waals surface area (Å²) in [6.45, 7) is 0. The maximum absolute atomic E-state index is 12.6. The molecular formula is C21H17BrN4O2. The molecule has 0 spiro atoms. The summed E-state index contributed by atoms with van der Waals surface area (Å²) in [7, 11) is 0. The molecule has 1 amide bonds. The molecule has 1 aliphatic rings. The van der Waals surface area contributed by atoms with Crippen LogP contribution in [0.3, 0.4) is 0 Å². The Kier molecular flexibility index (Phi) is 5.08. The smallest absolute Gasteiger partial charge is 0.287 e. The van der Waals surface area contributed by atoms with Crippen molar-refractivity contribution in [1.82, 2.24) is 10.9 Å². The van der Waals surface area contributed by atoms with Crippen LogP contribution in [0.15, 0.2) is 92.1 Å². The average molecular weight is 437 g/mol. The van der Waals surface area contributed by atoms with Crippen LogP contribution in [-0.2, 0) is 10.3 Å². The molecule has 2 N–H and O–H groups in total. The molecule has 4 rings (SSSR count). The van der Waals surface area contributed by atoms with Gasteiger partial charge >= 0.3 is 0 Å². The predicted octanol–water partition coefficient (Wildman–Crippen LogP) is 3.79. The number of carbonyl (C=O) groups excluding carboxylic acids is 1. The van der Waals surface area contributed by atoms with E-state index < -0.39 is 5.54 Å². The number of nitrogens with one attached hydrogen (secondary N) is 2. The van der Waals surface area contributed by atoms with Crippen molar-refractivity contribution in [2.24, 2.45) is 10.2 Å². The summed E-state index contributed by atoms with van der Waals surface area (Å²) in [5.41, 5.74) is 7.57. The molecule has 0 unspecified atom stereocenters. The third-order valence-corrected chi connectivity index (χ3v) is 4.99. The summed E-state index contributed by atoms with van der Waals surface area (Å²) in [5, 5.41) is 8.27. The summed E-state index contributed by atoms with van der Waals surface area (Å²) in [6, 6.07) is 23.5. The van der Waals surface area contributed by atoms with Gasteiger partial charge in [0, 0.05) is 6.42 Å². The predicted molar refractivity (Wildman–Crippen MR) is 111 cm³/mol. The van der Waals surface area contributed by atoms with Gasteiger partial charge in [-0.3, -0.25) is 10.2 Å². The van der Waals surface area contributed by atoms with Crippen molar-refractivity contribution in [2.75, 3.05) is 0 Å². The normalized spacial score (nSPS) is 15.2. The van der Waals surface area contributed by atoms with Crippen LogP contribution in [0.5, 0.6) is 0 Å². The maximum atomic E-state index is 12.6. The first-order valence-corrected chi connectivity index (χ1v) is 9.50. The Labute approximate surface area is 170 Å². The second-order valence-electron chi connectivity index (χ2n) is 6.33. The number of benzene rings is 2. The van der Waals surface area contributed by atoms with Gasteiger partial charge in [-0.15, -0.1) is 0 Å². The summed E-state index contributed by atoms with van der Waals surface area (Å²) in [5.74, 6) is 0.171. The lowest BCUT2D eigenvalue weighted by Crippen LogP contribution is -2.38. The highest BCUT2D eigenvalue weighted by Crippen LogP contribution is 2.36. The lowest BCUT2D eigenvalue weighted by Gasteiger charge is -2.30. The van der Waals surface area contributed by atoms with Crippen LogP contribution in [0, 0.1) is 0 Å². The Balaban J connectivity index is 1.53. The Bertz CT molecular complexity index is 989. The van der Waals surface area contributed by atoms with Gasteiger partial charge in [-0.05, 0) is 39.2 Å². The van der Waals surface area contributed by atoms with Crippen molar-refractivity contribution >= 4 is 33.8 Å². The van der Waals surface area contributed by atoms with Crippen LogP contribution < -0.4 is 10.9 Å². The molecule has 28 heavy (non-hydrogen) atoms. The Morgan fingerprint density at radius 2 is 1.71 bits per heavy atom. The molecule has 1 aliphatic heterocycles. The van der Waals surface area contributed by atoms with E-state index in [9.17, 15) is 4.79 Å². The lowest BCUT2D eigenvalue weighted by atomic mass is 9.80. The summed E-state index contributed by atoms with van der Waals surface area (Å²) in [6.07, 6.45) is 1.85. The first kappa shape index (κ1) is 18.2. The largest absolute Gasteiger partial charge is 0.448 e. The number of carbonyl (C=O) groups is 1. The van der Waals surface area contributed by atoms with Crippen molar-refractivity contribution in [3.05, 3.63) is 94.4 Å². The molecule has 0 bridgehead atoms. The van der Waals surface area contributed by atoms with Gasteiger partial charge in [-0.1, -0.05) is 60.7 Å². The van der Waals surface area contributed by atoms with Crippen molar-refractivity contribution in [3.8, 4) is 0 Å². The molecule has 1 aromatic heterocycles. The number of furan rings is 1. The first-order valence-electron chi connectivity index (χ1n) is 8.71. The molecule has 7 heteroatoms. The number of rotatable bonds is 5. The number of hydrogen-bond donors (Lipinski definition) is 2. The van der Waals surface area contributed by atoms with Crippen molar-refractivity contribution in [2.45, 2.75) is 12.0 Å². The number of nitrogens with zero attached hydrogens (tertiary/aromatic N) is 2. The third kappa shape index (κ3) is 3.61. The van der Waals surface area contributed by atoms with Gasteiger partial charge in [0.25, 0.3) is 5.91 Å². The van der Waals surface area contributed by atoms with E-state index in [0.717, 1.165) is 11.1 Å². The fourth-order valence-electron chi connectivity index (χ4n) is 3.19. The van der Waals surface area contributed by atoms with Gasteiger partial charge in [0.05, 0.1) is 6.21 Å². The quantitative estimate of drug-likeness (QED) is 0.471. The van der Waals surface area contributed by atoms with Crippen LogP contribution in [0.4, 0.5) is 0 Å². The molecule has 0 radical (unpaired) electrons. The van der Waals surface area contributed by atoms with Gasteiger partial charge in [-0.2, -0.15) is 10.2 Å². The Morgan fingerprint density at radius 3 is 2.29 bits per heavy atom. The van der Waals surface area contributed by atoms with Crippen LogP contribution in [0.25, 0.3) is 0 Å².